The van der Waals surface area contributed by atoms with Crippen molar-refractivity contribution in [2.24, 2.45) is 0 Å². The van der Waals surface area contributed by atoms with Crippen molar-refractivity contribution in [1.29, 1.82) is 0 Å². The number of piperidine rings is 1. The molecule has 0 amide bonds. The summed E-state index contributed by atoms with van der Waals surface area (Å²) in [7, 11) is 0. The Balaban J connectivity index is 2.14. The second-order valence-electron chi connectivity index (χ2n) is 3.78. The van der Waals surface area contributed by atoms with Crippen molar-refractivity contribution in [2.45, 2.75) is 18.9 Å². The van der Waals surface area contributed by atoms with E-state index in [0.717, 1.165) is 19.4 Å². The first-order chi connectivity index (χ1) is 7.66. The molecule has 16 heavy (non-hydrogen) atoms. The zero-order valence-corrected chi connectivity index (χ0v) is 8.60. The van der Waals surface area contributed by atoms with Gasteiger partial charge in [-0.25, -0.2) is 13.2 Å². The maximum absolute atomic E-state index is 13.2. The molecule has 1 aliphatic heterocycles. The van der Waals surface area contributed by atoms with E-state index in [-0.39, 0.29) is 6.10 Å². The summed E-state index contributed by atoms with van der Waals surface area (Å²) in [5.41, 5.74) is 0. The average Bonchev–Trinajstić information content (AvgIpc) is 2.25. The van der Waals surface area contributed by atoms with E-state index in [9.17, 15) is 13.2 Å². The van der Waals surface area contributed by atoms with E-state index >= 15 is 0 Å². The van der Waals surface area contributed by atoms with Crippen LogP contribution in [0.5, 0.6) is 5.75 Å². The van der Waals surface area contributed by atoms with E-state index < -0.39 is 23.2 Å². The van der Waals surface area contributed by atoms with Gasteiger partial charge < -0.3 is 10.1 Å². The highest BCUT2D eigenvalue weighted by atomic mass is 19.1. The largest absolute Gasteiger partial charge is 0.483 e. The van der Waals surface area contributed by atoms with Gasteiger partial charge in [-0.05, 0) is 19.4 Å². The van der Waals surface area contributed by atoms with Crippen LogP contribution in [0.4, 0.5) is 13.2 Å². The minimum atomic E-state index is -0.997. The van der Waals surface area contributed by atoms with Crippen molar-refractivity contribution in [3.63, 3.8) is 0 Å². The van der Waals surface area contributed by atoms with Crippen LogP contribution in [0.15, 0.2) is 12.1 Å². The molecular weight excluding hydrogens is 219 g/mol. The van der Waals surface area contributed by atoms with Crippen LogP contribution in [0, 0.1) is 17.5 Å². The molecule has 0 bridgehead atoms. The lowest BCUT2D eigenvalue weighted by Crippen LogP contribution is -2.37. The molecule has 1 aliphatic rings. The lowest BCUT2D eigenvalue weighted by Gasteiger charge is -2.24. The van der Waals surface area contributed by atoms with Gasteiger partial charge in [-0.15, -0.1) is 0 Å². The maximum atomic E-state index is 13.2. The zero-order valence-electron chi connectivity index (χ0n) is 8.60. The summed E-state index contributed by atoms with van der Waals surface area (Å²) in [6.45, 7) is 1.44. The fraction of sp³-hybridized carbons (Fsp3) is 0.455. The van der Waals surface area contributed by atoms with Gasteiger partial charge in [0.05, 0.1) is 0 Å². The second kappa shape index (κ2) is 4.74. The molecule has 2 nitrogen and oxygen atoms in total. The van der Waals surface area contributed by atoms with Crippen molar-refractivity contribution >= 4 is 0 Å². The lowest BCUT2D eigenvalue weighted by atomic mass is 10.1. The molecule has 1 aromatic rings. The smallest absolute Gasteiger partial charge is 0.191 e. The highest BCUT2D eigenvalue weighted by Gasteiger charge is 2.19. The van der Waals surface area contributed by atoms with Crippen molar-refractivity contribution in [3.05, 3.63) is 29.6 Å². The van der Waals surface area contributed by atoms with E-state index in [2.05, 4.69) is 5.32 Å². The monoisotopic (exact) mass is 231 g/mol. The summed E-state index contributed by atoms with van der Waals surface area (Å²) < 4.78 is 44.3. The molecule has 1 unspecified atom stereocenters. The van der Waals surface area contributed by atoms with Crippen LogP contribution < -0.4 is 10.1 Å². The molecule has 0 saturated carbocycles. The lowest BCUT2D eigenvalue weighted by molar-refractivity contribution is 0.153. The molecule has 88 valence electrons. The van der Waals surface area contributed by atoms with Gasteiger partial charge in [0.15, 0.2) is 17.4 Å². The Morgan fingerprint density at radius 3 is 2.44 bits per heavy atom. The van der Waals surface area contributed by atoms with Gasteiger partial charge in [-0.1, -0.05) is 0 Å². The fourth-order valence-corrected chi connectivity index (χ4v) is 1.73. The van der Waals surface area contributed by atoms with E-state index in [0.29, 0.717) is 18.7 Å². The van der Waals surface area contributed by atoms with Crippen molar-refractivity contribution in [2.75, 3.05) is 13.1 Å². The summed E-state index contributed by atoms with van der Waals surface area (Å²) in [5, 5.41) is 3.06. The summed E-state index contributed by atoms with van der Waals surface area (Å²) in [6.07, 6.45) is 1.38. The molecule has 2 rings (SSSR count). The summed E-state index contributed by atoms with van der Waals surface area (Å²) >= 11 is 0. The van der Waals surface area contributed by atoms with Gasteiger partial charge in [0.2, 0.25) is 0 Å². The molecule has 1 aromatic carbocycles. The summed E-state index contributed by atoms with van der Waals surface area (Å²) in [4.78, 5) is 0. The molecule has 1 saturated heterocycles. The molecule has 0 radical (unpaired) electrons. The Morgan fingerprint density at radius 2 is 1.88 bits per heavy atom. The van der Waals surface area contributed by atoms with Crippen molar-refractivity contribution in [1.82, 2.24) is 5.32 Å². The van der Waals surface area contributed by atoms with Gasteiger partial charge in [-0.2, -0.15) is 0 Å². The molecule has 1 heterocycles. The van der Waals surface area contributed by atoms with Crippen LogP contribution in [0.3, 0.4) is 0 Å². The maximum Gasteiger partial charge on any atom is 0.191 e. The van der Waals surface area contributed by atoms with Crippen LogP contribution in [-0.2, 0) is 0 Å². The predicted octanol–water partition coefficient (Wildman–Crippen LogP) is 2.23. The van der Waals surface area contributed by atoms with Crippen LogP contribution in [0.1, 0.15) is 12.8 Å². The Bertz CT molecular complexity index is 354. The number of benzene rings is 1. The minimum Gasteiger partial charge on any atom is -0.483 e. The first kappa shape index (κ1) is 11.3. The Kier molecular flexibility index (Phi) is 3.33. The normalized spacial score (nSPS) is 20.8. The minimum absolute atomic E-state index is 0.261. The van der Waals surface area contributed by atoms with Crippen LogP contribution in [0.25, 0.3) is 0 Å². The van der Waals surface area contributed by atoms with E-state index in [1.807, 2.05) is 0 Å². The molecular formula is C11H12F3NO. The van der Waals surface area contributed by atoms with Crippen molar-refractivity contribution < 1.29 is 17.9 Å². The van der Waals surface area contributed by atoms with Gasteiger partial charge in [-0.3, -0.25) is 0 Å². The first-order valence-electron chi connectivity index (χ1n) is 5.19. The SMILES string of the molecule is Fc1cc(F)c(OC2CCCNC2)c(F)c1. The molecule has 5 heteroatoms. The number of rotatable bonds is 2. The quantitative estimate of drug-likeness (QED) is 0.842. The van der Waals surface area contributed by atoms with Gasteiger partial charge >= 0.3 is 0 Å². The molecule has 0 spiro atoms. The summed E-state index contributed by atoms with van der Waals surface area (Å²) in [6, 6.07) is 1.24. The molecule has 0 aliphatic carbocycles. The predicted molar refractivity (Wildman–Crippen MR) is 52.8 cm³/mol. The zero-order chi connectivity index (χ0) is 11.5. The van der Waals surface area contributed by atoms with Gasteiger partial charge in [0, 0.05) is 18.7 Å². The highest BCUT2D eigenvalue weighted by molar-refractivity contribution is 5.27. The molecule has 0 aromatic heterocycles. The molecule has 1 N–H and O–H groups in total. The third kappa shape index (κ3) is 2.47. The topological polar surface area (TPSA) is 21.3 Å². The first-order valence-corrected chi connectivity index (χ1v) is 5.19. The second-order valence-corrected chi connectivity index (χ2v) is 3.78. The third-order valence-corrected chi connectivity index (χ3v) is 2.50. The van der Waals surface area contributed by atoms with E-state index in [1.54, 1.807) is 0 Å². The fourth-order valence-electron chi connectivity index (χ4n) is 1.73. The summed E-state index contributed by atoms with van der Waals surface area (Å²) in [5.74, 6) is -3.43. The Hall–Kier alpha value is -1.23. The number of hydrogen-bond donors (Lipinski definition) is 1. The number of hydrogen-bond acceptors (Lipinski definition) is 2. The Labute approximate surface area is 91.4 Å². The number of halogens is 3. The third-order valence-electron chi connectivity index (χ3n) is 2.50. The van der Waals surface area contributed by atoms with Crippen LogP contribution in [0.2, 0.25) is 0 Å². The highest BCUT2D eigenvalue weighted by Crippen LogP contribution is 2.25. The average molecular weight is 231 g/mol. The number of ether oxygens (including phenoxy) is 1. The van der Waals surface area contributed by atoms with Crippen molar-refractivity contribution in [3.8, 4) is 5.75 Å². The Morgan fingerprint density at radius 1 is 1.19 bits per heavy atom. The van der Waals surface area contributed by atoms with Gasteiger partial charge in [0.25, 0.3) is 0 Å². The van der Waals surface area contributed by atoms with Gasteiger partial charge in [0.1, 0.15) is 11.9 Å². The standard InChI is InChI=1S/C11H12F3NO/c12-7-4-9(13)11(10(14)5-7)16-8-2-1-3-15-6-8/h4-5,8,15H,1-3,6H2. The van der Waals surface area contributed by atoms with E-state index in [1.165, 1.54) is 0 Å². The molecule has 1 atom stereocenters. The van der Waals surface area contributed by atoms with Crippen LogP contribution in [-0.4, -0.2) is 19.2 Å². The number of nitrogens with one attached hydrogen (secondary N) is 1. The molecule has 1 fully saturated rings. The van der Waals surface area contributed by atoms with Crippen LogP contribution >= 0.6 is 0 Å². The van der Waals surface area contributed by atoms with E-state index in [4.69, 9.17) is 4.74 Å².